The van der Waals surface area contributed by atoms with Crippen LogP contribution < -0.4 is 0 Å². The van der Waals surface area contributed by atoms with E-state index in [1.54, 1.807) is 0 Å². The number of benzene rings is 1. The normalized spacial score (nSPS) is 15.3. The average molecular weight is 568 g/mol. The Kier molecular flexibility index (Phi) is 13.4. The summed E-state index contributed by atoms with van der Waals surface area (Å²) in [7, 11) is -2.02. The van der Waals surface area contributed by atoms with Gasteiger partial charge < -0.3 is 0 Å². The summed E-state index contributed by atoms with van der Waals surface area (Å²) in [5, 5.41) is 11.5. The van der Waals surface area contributed by atoms with Crippen LogP contribution in [0.3, 0.4) is 0 Å². The van der Waals surface area contributed by atoms with Crippen molar-refractivity contribution < 1.29 is 9.53 Å². The molecular weight excluding hydrogens is 515 g/mol. The summed E-state index contributed by atoms with van der Waals surface area (Å²) in [4.78, 5) is 0. The zero-order valence-electron chi connectivity index (χ0n) is 22.4. The summed E-state index contributed by atoms with van der Waals surface area (Å²) < 4.78 is 13.9. The molecule has 0 aliphatic heterocycles. The summed E-state index contributed by atoms with van der Waals surface area (Å²) in [6, 6.07) is 10.1. The number of hydrogen-bond donors (Lipinski definition) is 1. The third-order valence-corrected chi connectivity index (χ3v) is 26.0. The summed E-state index contributed by atoms with van der Waals surface area (Å²) in [5.74, 6) is 0. The Hall–Kier alpha value is -0.104. The SMILES string of the molecule is CCC[CH2][Sn](/[CH]=C/[C@@H](O[Si](C)(C)C(C)(C)C)[C@H](O)c1ccccc1)([CH2]CCC)[CH2]CCC. The summed E-state index contributed by atoms with van der Waals surface area (Å²) in [6.45, 7) is 18.4. The predicted octanol–water partition coefficient (Wildman–Crippen LogP) is 9.05. The monoisotopic (exact) mass is 568 g/mol. The average Bonchev–Trinajstić information content (AvgIpc) is 2.76. The summed E-state index contributed by atoms with van der Waals surface area (Å²) in [6.07, 6.45) is 9.33. The molecule has 2 atom stereocenters. The van der Waals surface area contributed by atoms with Crippen LogP contribution in [0.5, 0.6) is 0 Å². The van der Waals surface area contributed by atoms with Crippen LogP contribution in [0.25, 0.3) is 0 Å². The van der Waals surface area contributed by atoms with Crippen molar-refractivity contribution in [2.45, 2.75) is 124 Å². The molecule has 0 aliphatic rings. The van der Waals surface area contributed by atoms with E-state index in [2.05, 4.69) is 64.8 Å². The quantitative estimate of drug-likeness (QED) is 0.214. The van der Waals surface area contributed by atoms with Gasteiger partial charge in [0.2, 0.25) is 0 Å². The Bertz CT molecular complexity index is 629. The second-order valence-electron chi connectivity index (χ2n) is 11.2. The fraction of sp³-hybridized carbons (Fsp3) is 0.714. The molecular formula is C28H52O2SiSn. The molecule has 1 rings (SSSR count). The topological polar surface area (TPSA) is 29.5 Å². The number of aliphatic hydroxyl groups excluding tert-OH is 1. The van der Waals surface area contributed by atoms with E-state index in [1.807, 2.05) is 30.3 Å². The molecule has 0 unspecified atom stereocenters. The van der Waals surface area contributed by atoms with Gasteiger partial charge in [-0.05, 0) is 0 Å². The van der Waals surface area contributed by atoms with Gasteiger partial charge in [0.1, 0.15) is 0 Å². The van der Waals surface area contributed by atoms with Gasteiger partial charge in [-0.15, -0.1) is 0 Å². The van der Waals surface area contributed by atoms with E-state index >= 15 is 0 Å². The molecule has 0 amide bonds. The molecule has 0 heterocycles. The Balaban J connectivity index is 3.34. The van der Waals surface area contributed by atoms with Crippen LogP contribution in [-0.2, 0) is 4.43 Å². The van der Waals surface area contributed by atoms with Crippen LogP contribution in [0.15, 0.2) is 40.5 Å². The second kappa shape index (κ2) is 14.3. The van der Waals surface area contributed by atoms with Crippen molar-refractivity contribution in [3.63, 3.8) is 0 Å². The van der Waals surface area contributed by atoms with Crippen molar-refractivity contribution in [1.29, 1.82) is 0 Å². The summed E-state index contributed by atoms with van der Waals surface area (Å²) in [5.41, 5.74) is 0.956. The van der Waals surface area contributed by atoms with E-state index in [9.17, 15) is 5.11 Å². The molecule has 1 N–H and O–H groups in total. The van der Waals surface area contributed by atoms with E-state index in [0.29, 0.717) is 0 Å². The van der Waals surface area contributed by atoms with Crippen LogP contribution in [0, 0.1) is 0 Å². The van der Waals surface area contributed by atoms with Crippen LogP contribution in [0.2, 0.25) is 31.4 Å². The van der Waals surface area contributed by atoms with Crippen LogP contribution in [-0.4, -0.2) is 37.9 Å². The maximum absolute atomic E-state index is 11.4. The van der Waals surface area contributed by atoms with Gasteiger partial charge in [0.15, 0.2) is 0 Å². The molecule has 0 fully saturated rings. The third kappa shape index (κ3) is 9.64. The standard InChI is InChI=1S/C16H25O2Si.3C4H9.Sn/c1-7-14(18-19(5,6)16(2,3)4)15(17)13-11-9-8-10-12-13;3*1-3-4-2;/h1,7-12,14-15,17H,2-6H3;3*1,3-4H2,2H3;/t14-,15-;;;;/m1..../s1. The Morgan fingerprint density at radius 3 is 1.78 bits per heavy atom. The molecule has 0 spiro atoms. The Labute approximate surface area is 205 Å². The van der Waals surface area contributed by atoms with Crippen molar-refractivity contribution in [3.05, 3.63) is 46.1 Å². The zero-order valence-corrected chi connectivity index (χ0v) is 26.3. The number of unbranched alkanes of at least 4 members (excludes halogenated alkanes) is 3. The Morgan fingerprint density at radius 2 is 1.38 bits per heavy atom. The van der Waals surface area contributed by atoms with E-state index in [-0.39, 0.29) is 11.1 Å². The van der Waals surface area contributed by atoms with Gasteiger partial charge >= 0.3 is 206 Å². The van der Waals surface area contributed by atoms with Crippen LogP contribution in [0.4, 0.5) is 0 Å². The molecule has 184 valence electrons. The Morgan fingerprint density at radius 1 is 0.906 bits per heavy atom. The van der Waals surface area contributed by atoms with Crippen LogP contribution in [0.1, 0.15) is 91.7 Å². The van der Waals surface area contributed by atoms with Gasteiger partial charge in [0.25, 0.3) is 0 Å². The molecule has 0 aromatic heterocycles. The van der Waals surface area contributed by atoms with Crippen molar-refractivity contribution in [2.75, 3.05) is 0 Å². The maximum atomic E-state index is 11.4. The van der Waals surface area contributed by atoms with Crippen molar-refractivity contribution in [1.82, 2.24) is 0 Å². The van der Waals surface area contributed by atoms with Gasteiger partial charge in [-0.3, -0.25) is 0 Å². The molecule has 2 nitrogen and oxygen atoms in total. The third-order valence-electron chi connectivity index (χ3n) is 7.41. The van der Waals surface area contributed by atoms with E-state index in [1.165, 1.54) is 51.8 Å². The van der Waals surface area contributed by atoms with Gasteiger partial charge in [0.05, 0.1) is 0 Å². The number of rotatable bonds is 15. The van der Waals surface area contributed by atoms with Gasteiger partial charge in [-0.2, -0.15) is 0 Å². The van der Waals surface area contributed by atoms with Gasteiger partial charge in [-0.25, -0.2) is 0 Å². The molecule has 0 bridgehead atoms. The first-order chi connectivity index (χ1) is 15.0. The molecule has 1 aromatic rings. The number of hydrogen-bond acceptors (Lipinski definition) is 2. The molecule has 4 heteroatoms. The van der Waals surface area contributed by atoms with E-state index in [4.69, 9.17) is 4.43 Å². The number of aliphatic hydroxyl groups is 1. The summed E-state index contributed by atoms with van der Waals surface area (Å²) >= 11 is -2.45. The van der Waals surface area contributed by atoms with Crippen molar-refractivity contribution in [2.24, 2.45) is 0 Å². The second-order valence-corrected chi connectivity index (χ2v) is 29.0. The molecule has 32 heavy (non-hydrogen) atoms. The van der Waals surface area contributed by atoms with Crippen molar-refractivity contribution >= 4 is 26.7 Å². The minimum atomic E-state index is -2.45. The molecule has 0 radical (unpaired) electrons. The molecule has 0 saturated heterocycles. The molecule has 1 aromatic carbocycles. The first kappa shape index (κ1) is 29.9. The predicted molar refractivity (Wildman–Crippen MR) is 148 cm³/mol. The fourth-order valence-electron chi connectivity index (χ4n) is 4.08. The van der Waals surface area contributed by atoms with Gasteiger partial charge in [0, 0.05) is 0 Å². The van der Waals surface area contributed by atoms with E-state index in [0.717, 1.165) is 5.56 Å². The zero-order chi connectivity index (χ0) is 24.3. The first-order valence-corrected chi connectivity index (χ1v) is 23.7. The minimum absolute atomic E-state index is 0.114. The van der Waals surface area contributed by atoms with Crippen LogP contribution >= 0.6 is 0 Å². The van der Waals surface area contributed by atoms with Gasteiger partial charge in [-0.1, -0.05) is 0 Å². The fourth-order valence-corrected chi connectivity index (χ4v) is 19.6. The van der Waals surface area contributed by atoms with Crippen molar-refractivity contribution in [3.8, 4) is 0 Å². The molecule has 0 saturated carbocycles. The first-order valence-electron chi connectivity index (χ1n) is 13.1. The molecule has 0 aliphatic carbocycles. The van der Waals surface area contributed by atoms with E-state index < -0.39 is 32.8 Å².